The third kappa shape index (κ3) is 4.51. The van der Waals surface area contributed by atoms with Crippen molar-refractivity contribution in [3.05, 3.63) is 41.6 Å². The van der Waals surface area contributed by atoms with Gasteiger partial charge < -0.3 is 14.6 Å². The van der Waals surface area contributed by atoms with Crippen LogP contribution in [0.4, 0.5) is 10.7 Å². The van der Waals surface area contributed by atoms with Crippen molar-refractivity contribution in [2.45, 2.75) is 25.8 Å². The summed E-state index contributed by atoms with van der Waals surface area (Å²) < 4.78 is 10.3. The van der Waals surface area contributed by atoms with E-state index in [0.717, 1.165) is 30.1 Å². The molecule has 1 saturated heterocycles. The van der Waals surface area contributed by atoms with E-state index in [-0.39, 0.29) is 12.1 Å². The molecule has 1 aromatic heterocycles. The van der Waals surface area contributed by atoms with Crippen molar-refractivity contribution >= 4 is 11.9 Å². The summed E-state index contributed by atoms with van der Waals surface area (Å²) in [7, 11) is 1.66. The van der Waals surface area contributed by atoms with Gasteiger partial charge in [0.15, 0.2) is 0 Å². The fourth-order valence-corrected chi connectivity index (χ4v) is 3.13. The second-order valence-corrected chi connectivity index (χ2v) is 6.20. The number of amides is 2. The number of likely N-dealkylation sites (tertiary alicyclic amines) is 1. The lowest BCUT2D eigenvalue weighted by Crippen LogP contribution is -2.38. The van der Waals surface area contributed by atoms with E-state index in [4.69, 9.17) is 9.26 Å². The molecule has 0 radical (unpaired) electrons. The van der Waals surface area contributed by atoms with E-state index >= 15 is 0 Å². The van der Waals surface area contributed by atoms with Gasteiger partial charge in [0.05, 0.1) is 18.8 Å². The molecule has 0 saturated carbocycles. The molecule has 25 heavy (non-hydrogen) atoms. The molecule has 3 rings (SSSR count). The minimum Gasteiger partial charge on any atom is -0.497 e. The Morgan fingerprint density at radius 2 is 2.16 bits per heavy atom. The predicted molar refractivity (Wildman–Crippen MR) is 94.8 cm³/mol. The number of urea groups is 1. The fraction of sp³-hybridized carbons (Fsp3) is 0.444. The smallest absolute Gasteiger partial charge is 0.321 e. The van der Waals surface area contributed by atoms with Gasteiger partial charge in [0.25, 0.3) is 0 Å². The van der Waals surface area contributed by atoms with Gasteiger partial charge in [0.2, 0.25) is 5.88 Å². The van der Waals surface area contributed by atoms with E-state index in [9.17, 15) is 4.79 Å². The fourth-order valence-electron chi connectivity index (χ4n) is 3.13. The van der Waals surface area contributed by atoms with Gasteiger partial charge in [-0.25, -0.2) is 4.79 Å². The summed E-state index contributed by atoms with van der Waals surface area (Å²) in [4.78, 5) is 14.5. The number of anilines is 1. The van der Waals surface area contributed by atoms with E-state index in [1.807, 2.05) is 18.2 Å². The summed E-state index contributed by atoms with van der Waals surface area (Å²) in [6.07, 6.45) is 2.37. The van der Waals surface area contributed by atoms with Crippen molar-refractivity contribution in [1.29, 1.82) is 0 Å². The highest BCUT2D eigenvalue weighted by Gasteiger charge is 2.24. The van der Waals surface area contributed by atoms with Crippen LogP contribution in [0.1, 0.15) is 30.1 Å². The van der Waals surface area contributed by atoms with Crippen LogP contribution in [-0.4, -0.2) is 42.8 Å². The van der Waals surface area contributed by atoms with Gasteiger partial charge in [0, 0.05) is 12.6 Å². The largest absolute Gasteiger partial charge is 0.497 e. The number of methoxy groups -OCH3 is 1. The molecule has 0 bridgehead atoms. The molecule has 1 fully saturated rings. The molecule has 134 valence electrons. The zero-order valence-corrected chi connectivity index (χ0v) is 14.6. The topological polar surface area (TPSA) is 79.6 Å². The maximum atomic E-state index is 12.1. The maximum absolute atomic E-state index is 12.1. The minimum atomic E-state index is -0.303. The van der Waals surface area contributed by atoms with E-state index in [1.54, 1.807) is 20.1 Å². The average Bonchev–Trinajstić information content (AvgIpc) is 3.27. The summed E-state index contributed by atoms with van der Waals surface area (Å²) >= 11 is 0. The highest BCUT2D eigenvalue weighted by molar-refractivity contribution is 5.87. The SMILES string of the molecule is COc1cccc([C@H](CNC(=O)Nc2cc(C)no2)N2CCCC2)c1. The maximum Gasteiger partial charge on any atom is 0.321 e. The van der Waals surface area contributed by atoms with E-state index < -0.39 is 0 Å². The van der Waals surface area contributed by atoms with Crippen LogP contribution in [0.25, 0.3) is 0 Å². The summed E-state index contributed by atoms with van der Waals surface area (Å²) in [6.45, 7) is 4.38. The lowest BCUT2D eigenvalue weighted by Gasteiger charge is -2.28. The number of ether oxygens (including phenoxy) is 1. The van der Waals surface area contributed by atoms with Crippen molar-refractivity contribution in [2.24, 2.45) is 0 Å². The van der Waals surface area contributed by atoms with Gasteiger partial charge in [-0.1, -0.05) is 17.3 Å². The Labute approximate surface area is 147 Å². The summed E-state index contributed by atoms with van der Waals surface area (Å²) in [6, 6.07) is 9.50. The van der Waals surface area contributed by atoms with Crippen molar-refractivity contribution in [1.82, 2.24) is 15.4 Å². The molecular weight excluding hydrogens is 320 g/mol. The molecule has 7 heteroatoms. The molecule has 0 aliphatic carbocycles. The number of nitrogens with zero attached hydrogens (tertiary/aromatic N) is 2. The van der Waals surface area contributed by atoms with Gasteiger partial charge in [-0.05, 0) is 50.6 Å². The molecule has 0 unspecified atom stereocenters. The molecular formula is C18H24N4O3. The van der Waals surface area contributed by atoms with Crippen LogP contribution in [0.2, 0.25) is 0 Å². The van der Waals surface area contributed by atoms with E-state index in [2.05, 4.69) is 26.8 Å². The third-order valence-corrected chi connectivity index (χ3v) is 4.38. The average molecular weight is 344 g/mol. The number of aryl methyl sites for hydroxylation is 1. The molecule has 2 amide bonds. The van der Waals surface area contributed by atoms with Crippen LogP contribution < -0.4 is 15.4 Å². The highest BCUT2D eigenvalue weighted by atomic mass is 16.5. The molecule has 2 heterocycles. The second-order valence-electron chi connectivity index (χ2n) is 6.20. The molecule has 1 aliphatic rings. The molecule has 2 N–H and O–H groups in total. The molecule has 0 spiro atoms. The summed E-state index contributed by atoms with van der Waals surface area (Å²) in [5.41, 5.74) is 1.86. The first-order chi connectivity index (χ1) is 12.2. The lowest BCUT2D eigenvalue weighted by atomic mass is 10.1. The Kier molecular flexibility index (Phi) is 5.55. The molecule has 7 nitrogen and oxygen atoms in total. The van der Waals surface area contributed by atoms with Crippen LogP contribution in [0.3, 0.4) is 0 Å². The van der Waals surface area contributed by atoms with Crippen molar-refractivity contribution in [3.8, 4) is 5.75 Å². The van der Waals surface area contributed by atoms with Crippen LogP contribution in [0.5, 0.6) is 5.75 Å². The quantitative estimate of drug-likeness (QED) is 0.842. The number of aromatic nitrogens is 1. The van der Waals surface area contributed by atoms with E-state index in [1.165, 1.54) is 12.8 Å². The van der Waals surface area contributed by atoms with Crippen molar-refractivity contribution < 1.29 is 14.1 Å². The van der Waals surface area contributed by atoms with Gasteiger partial charge >= 0.3 is 6.03 Å². The Morgan fingerprint density at radius 3 is 2.84 bits per heavy atom. The zero-order chi connectivity index (χ0) is 17.6. The molecule has 1 aliphatic heterocycles. The van der Waals surface area contributed by atoms with Gasteiger partial charge in [-0.2, -0.15) is 0 Å². The number of carbonyl (C=O) groups is 1. The normalized spacial score (nSPS) is 15.8. The number of nitrogens with one attached hydrogen (secondary N) is 2. The first kappa shape index (κ1) is 17.3. The number of hydrogen-bond acceptors (Lipinski definition) is 5. The first-order valence-corrected chi connectivity index (χ1v) is 8.52. The number of rotatable bonds is 6. The van der Waals surface area contributed by atoms with Gasteiger partial charge in [-0.3, -0.25) is 10.2 Å². The van der Waals surface area contributed by atoms with Crippen LogP contribution in [0.15, 0.2) is 34.9 Å². The molecule has 2 aromatic rings. The van der Waals surface area contributed by atoms with Crippen LogP contribution >= 0.6 is 0 Å². The predicted octanol–water partition coefficient (Wildman–Crippen LogP) is 2.95. The molecule has 1 aromatic carbocycles. The van der Waals surface area contributed by atoms with Crippen molar-refractivity contribution in [2.75, 3.05) is 32.1 Å². The minimum absolute atomic E-state index is 0.111. The van der Waals surface area contributed by atoms with Gasteiger partial charge in [-0.15, -0.1) is 0 Å². The Hall–Kier alpha value is -2.54. The zero-order valence-electron chi connectivity index (χ0n) is 14.6. The molecule has 1 atom stereocenters. The van der Waals surface area contributed by atoms with Crippen molar-refractivity contribution in [3.63, 3.8) is 0 Å². The standard InChI is InChI=1S/C18H24N4O3/c1-13-10-17(25-21-13)20-18(23)19-12-16(22-8-3-4-9-22)14-6-5-7-15(11-14)24-2/h5-7,10-11,16H,3-4,8-9,12H2,1-2H3,(H2,19,20,23)/t16-/m0/s1. The Morgan fingerprint density at radius 1 is 1.36 bits per heavy atom. The summed E-state index contributed by atoms with van der Waals surface area (Å²) in [5.74, 6) is 1.16. The van der Waals surface area contributed by atoms with Gasteiger partial charge in [0.1, 0.15) is 5.75 Å². The van der Waals surface area contributed by atoms with Crippen LogP contribution in [0, 0.1) is 6.92 Å². The third-order valence-electron chi connectivity index (χ3n) is 4.38. The summed E-state index contributed by atoms with van der Waals surface area (Å²) in [5, 5.41) is 9.35. The number of benzene rings is 1. The number of carbonyl (C=O) groups excluding carboxylic acids is 1. The second kappa shape index (κ2) is 8.02. The van der Waals surface area contributed by atoms with E-state index in [0.29, 0.717) is 12.4 Å². The highest BCUT2D eigenvalue weighted by Crippen LogP contribution is 2.27. The Bertz CT molecular complexity index is 710. The Balaban J connectivity index is 1.66. The monoisotopic (exact) mass is 344 g/mol. The number of hydrogen-bond donors (Lipinski definition) is 2. The lowest BCUT2D eigenvalue weighted by molar-refractivity contribution is 0.227. The first-order valence-electron chi connectivity index (χ1n) is 8.52. The van der Waals surface area contributed by atoms with Crippen LogP contribution in [-0.2, 0) is 0 Å².